The third-order valence-corrected chi connectivity index (χ3v) is 2.43. The molecule has 0 spiro atoms. The van der Waals surface area contributed by atoms with E-state index < -0.39 is 11.6 Å². The van der Waals surface area contributed by atoms with Gasteiger partial charge in [0.25, 0.3) is 0 Å². The number of benzene rings is 2. The second-order valence-corrected chi connectivity index (χ2v) is 3.73. The molecule has 90 valence electrons. The lowest BCUT2D eigenvalue weighted by Gasteiger charge is -1.97. The summed E-state index contributed by atoms with van der Waals surface area (Å²) in [7, 11) is 0. The van der Waals surface area contributed by atoms with E-state index in [2.05, 4.69) is 0 Å². The monoisotopic (exact) mass is 244 g/mol. The lowest BCUT2D eigenvalue weighted by Crippen LogP contribution is -1.93. The van der Waals surface area contributed by atoms with Crippen LogP contribution < -0.4 is 0 Å². The van der Waals surface area contributed by atoms with Crippen LogP contribution in [0.5, 0.6) is 0 Å². The highest BCUT2D eigenvalue weighted by Crippen LogP contribution is 2.12. The number of ketones is 1. The molecule has 0 N–H and O–H groups in total. The van der Waals surface area contributed by atoms with Gasteiger partial charge in [0.15, 0.2) is 5.78 Å². The molecule has 0 aromatic heterocycles. The van der Waals surface area contributed by atoms with Crippen molar-refractivity contribution in [1.29, 1.82) is 0 Å². The molecular formula is C15H10F2O. The molecule has 0 atom stereocenters. The zero-order valence-corrected chi connectivity index (χ0v) is 9.44. The Hall–Kier alpha value is -2.29. The van der Waals surface area contributed by atoms with Gasteiger partial charge >= 0.3 is 0 Å². The van der Waals surface area contributed by atoms with E-state index in [0.29, 0.717) is 5.56 Å². The molecule has 0 aliphatic rings. The van der Waals surface area contributed by atoms with E-state index in [1.807, 2.05) is 0 Å². The van der Waals surface area contributed by atoms with Crippen LogP contribution in [0, 0.1) is 11.6 Å². The lowest BCUT2D eigenvalue weighted by molar-refractivity contribution is 0.104. The largest absolute Gasteiger partial charge is 0.289 e. The maximum Gasteiger partial charge on any atom is 0.185 e. The number of hydrogen-bond donors (Lipinski definition) is 0. The molecule has 0 aliphatic carbocycles. The highest BCUT2D eigenvalue weighted by molar-refractivity contribution is 6.06. The Bertz CT molecular complexity index is 589. The average molecular weight is 244 g/mol. The van der Waals surface area contributed by atoms with Gasteiger partial charge in [-0.25, -0.2) is 8.78 Å². The Morgan fingerprint density at radius 1 is 1.00 bits per heavy atom. The van der Waals surface area contributed by atoms with Gasteiger partial charge in [-0.1, -0.05) is 30.3 Å². The highest BCUT2D eigenvalue weighted by atomic mass is 19.1. The van der Waals surface area contributed by atoms with Crippen molar-refractivity contribution in [2.45, 2.75) is 0 Å². The van der Waals surface area contributed by atoms with Crippen LogP contribution in [0.2, 0.25) is 0 Å². The maximum absolute atomic E-state index is 13.3. The molecule has 0 unspecified atom stereocenters. The van der Waals surface area contributed by atoms with Gasteiger partial charge in [-0.15, -0.1) is 0 Å². The minimum Gasteiger partial charge on any atom is -0.289 e. The second-order valence-electron chi connectivity index (χ2n) is 3.73. The van der Waals surface area contributed by atoms with E-state index in [4.69, 9.17) is 0 Å². The van der Waals surface area contributed by atoms with Crippen LogP contribution in [-0.4, -0.2) is 5.78 Å². The zero-order chi connectivity index (χ0) is 13.0. The summed E-state index contributed by atoms with van der Waals surface area (Å²) in [5.41, 5.74) is 0.560. The summed E-state index contributed by atoms with van der Waals surface area (Å²) in [4.78, 5) is 11.7. The third-order valence-electron chi connectivity index (χ3n) is 2.43. The van der Waals surface area contributed by atoms with Gasteiger partial charge in [0, 0.05) is 11.1 Å². The van der Waals surface area contributed by atoms with Crippen LogP contribution in [0.1, 0.15) is 15.9 Å². The SMILES string of the molecule is O=C(C=Cc1cc(F)ccc1F)c1ccccc1. The third kappa shape index (κ3) is 2.88. The van der Waals surface area contributed by atoms with E-state index in [9.17, 15) is 13.6 Å². The number of halogens is 2. The molecule has 2 aromatic carbocycles. The van der Waals surface area contributed by atoms with Crippen molar-refractivity contribution in [3.8, 4) is 0 Å². The highest BCUT2D eigenvalue weighted by Gasteiger charge is 2.03. The number of rotatable bonds is 3. The summed E-state index contributed by atoms with van der Waals surface area (Å²) in [6, 6.07) is 11.7. The van der Waals surface area contributed by atoms with Gasteiger partial charge in [0.05, 0.1) is 0 Å². The first-order valence-corrected chi connectivity index (χ1v) is 5.39. The van der Waals surface area contributed by atoms with Gasteiger partial charge in [-0.05, 0) is 30.4 Å². The van der Waals surface area contributed by atoms with Crippen molar-refractivity contribution in [3.63, 3.8) is 0 Å². The summed E-state index contributed by atoms with van der Waals surface area (Å²) in [6.07, 6.45) is 2.50. The number of carbonyl (C=O) groups is 1. The van der Waals surface area contributed by atoms with E-state index in [-0.39, 0.29) is 11.3 Å². The first-order chi connectivity index (χ1) is 8.66. The van der Waals surface area contributed by atoms with Crippen molar-refractivity contribution >= 4 is 11.9 Å². The quantitative estimate of drug-likeness (QED) is 0.592. The molecule has 0 saturated carbocycles. The van der Waals surface area contributed by atoms with Crippen molar-refractivity contribution < 1.29 is 13.6 Å². The van der Waals surface area contributed by atoms with Gasteiger partial charge in [-0.2, -0.15) is 0 Å². The van der Waals surface area contributed by atoms with Crippen molar-refractivity contribution in [2.75, 3.05) is 0 Å². The minimum atomic E-state index is -0.562. The molecule has 2 rings (SSSR count). The summed E-state index contributed by atoms with van der Waals surface area (Å²) >= 11 is 0. The molecule has 3 heteroatoms. The maximum atomic E-state index is 13.3. The average Bonchev–Trinajstić information content (AvgIpc) is 2.40. The number of hydrogen-bond acceptors (Lipinski definition) is 1. The fraction of sp³-hybridized carbons (Fsp3) is 0. The summed E-state index contributed by atoms with van der Waals surface area (Å²) in [6.45, 7) is 0. The Balaban J connectivity index is 2.21. The van der Waals surface area contributed by atoms with Gasteiger partial charge in [0.1, 0.15) is 11.6 Å². The molecule has 0 saturated heterocycles. The summed E-state index contributed by atoms with van der Waals surface area (Å²) in [5, 5.41) is 0. The number of carbonyl (C=O) groups excluding carboxylic acids is 1. The molecule has 18 heavy (non-hydrogen) atoms. The topological polar surface area (TPSA) is 17.1 Å². The predicted molar refractivity (Wildman–Crippen MR) is 66.2 cm³/mol. The van der Waals surface area contributed by atoms with Crippen LogP contribution in [-0.2, 0) is 0 Å². The van der Waals surface area contributed by atoms with Crippen molar-refractivity contribution in [2.24, 2.45) is 0 Å². The lowest BCUT2D eigenvalue weighted by atomic mass is 10.1. The van der Waals surface area contributed by atoms with Crippen LogP contribution in [0.4, 0.5) is 8.78 Å². The standard InChI is InChI=1S/C15H10F2O/c16-13-7-8-14(17)12(10-13)6-9-15(18)11-4-2-1-3-5-11/h1-10H. The van der Waals surface area contributed by atoms with E-state index in [1.54, 1.807) is 30.3 Å². The Kier molecular flexibility index (Phi) is 3.63. The molecule has 2 aromatic rings. The molecule has 0 radical (unpaired) electrons. The van der Waals surface area contributed by atoms with E-state index >= 15 is 0 Å². The Morgan fingerprint density at radius 3 is 2.44 bits per heavy atom. The van der Waals surface area contributed by atoms with Gasteiger partial charge < -0.3 is 0 Å². The molecule has 0 aliphatic heterocycles. The molecule has 1 nitrogen and oxygen atoms in total. The first kappa shape index (κ1) is 12.2. The van der Waals surface area contributed by atoms with Crippen LogP contribution in [0.25, 0.3) is 6.08 Å². The molecule has 0 fully saturated rings. The fourth-order valence-electron chi connectivity index (χ4n) is 1.51. The van der Waals surface area contributed by atoms with E-state index in [0.717, 1.165) is 18.2 Å². The summed E-state index contributed by atoms with van der Waals surface area (Å²) < 4.78 is 26.2. The van der Waals surface area contributed by atoms with Crippen LogP contribution >= 0.6 is 0 Å². The van der Waals surface area contributed by atoms with Crippen LogP contribution in [0.3, 0.4) is 0 Å². The normalized spacial score (nSPS) is 10.8. The first-order valence-electron chi connectivity index (χ1n) is 5.39. The predicted octanol–water partition coefficient (Wildman–Crippen LogP) is 3.86. The molecule has 0 amide bonds. The van der Waals surface area contributed by atoms with Crippen LogP contribution in [0.15, 0.2) is 54.6 Å². The van der Waals surface area contributed by atoms with Gasteiger partial charge in [-0.3, -0.25) is 4.79 Å². The molecule has 0 bridgehead atoms. The van der Waals surface area contributed by atoms with E-state index in [1.165, 1.54) is 12.2 Å². The smallest absolute Gasteiger partial charge is 0.185 e. The fourth-order valence-corrected chi connectivity index (χ4v) is 1.51. The summed E-state index contributed by atoms with van der Waals surface area (Å²) in [5.74, 6) is -1.35. The Morgan fingerprint density at radius 2 is 1.72 bits per heavy atom. The molecule has 0 heterocycles. The van der Waals surface area contributed by atoms with Crippen molar-refractivity contribution in [3.05, 3.63) is 77.4 Å². The zero-order valence-electron chi connectivity index (χ0n) is 9.44. The van der Waals surface area contributed by atoms with Crippen molar-refractivity contribution in [1.82, 2.24) is 0 Å². The molecular weight excluding hydrogens is 234 g/mol. The van der Waals surface area contributed by atoms with Gasteiger partial charge in [0.2, 0.25) is 0 Å². The number of allylic oxidation sites excluding steroid dienone is 1. The minimum absolute atomic E-state index is 0.0549. The Labute approximate surface area is 103 Å². The second kappa shape index (κ2) is 5.36.